The summed E-state index contributed by atoms with van der Waals surface area (Å²) in [4.78, 5) is 0. The summed E-state index contributed by atoms with van der Waals surface area (Å²) in [6, 6.07) is 15.8. The van der Waals surface area contributed by atoms with Crippen molar-refractivity contribution in [3.63, 3.8) is 0 Å². The zero-order chi connectivity index (χ0) is 16.2. The fraction of sp³-hybridized carbons (Fsp3) is 0.300. The summed E-state index contributed by atoms with van der Waals surface area (Å²) in [6.07, 6.45) is 3.25. The lowest BCUT2D eigenvalue weighted by molar-refractivity contribution is 0.534. The first-order valence-electron chi connectivity index (χ1n) is 8.22. The Hall–Kier alpha value is -2.13. The van der Waals surface area contributed by atoms with Gasteiger partial charge in [0.1, 0.15) is 5.82 Å². The lowest BCUT2D eigenvalue weighted by Gasteiger charge is -2.10. The van der Waals surface area contributed by atoms with E-state index in [-0.39, 0.29) is 5.82 Å². The summed E-state index contributed by atoms with van der Waals surface area (Å²) < 4.78 is 16.1. The monoisotopic (exact) mass is 310 g/mol. The fourth-order valence-electron chi connectivity index (χ4n) is 2.83. The van der Waals surface area contributed by atoms with Gasteiger partial charge < -0.3 is 9.88 Å². The number of rotatable bonds is 6. The van der Waals surface area contributed by atoms with Crippen LogP contribution in [-0.2, 0) is 13.1 Å². The molecule has 0 amide bonds. The Morgan fingerprint density at radius 1 is 1.04 bits per heavy atom. The van der Waals surface area contributed by atoms with E-state index in [0.717, 1.165) is 24.0 Å². The first-order valence-corrected chi connectivity index (χ1v) is 8.22. The van der Waals surface area contributed by atoms with E-state index in [0.29, 0.717) is 12.6 Å². The van der Waals surface area contributed by atoms with Crippen LogP contribution in [0.3, 0.4) is 0 Å². The summed E-state index contributed by atoms with van der Waals surface area (Å²) in [5.74, 6) is -0.149. The molecule has 1 N–H and O–H groups in total. The number of hydrogen-bond donors (Lipinski definition) is 1. The zero-order valence-corrected chi connectivity index (χ0v) is 13.7. The maximum absolute atomic E-state index is 14.0. The van der Waals surface area contributed by atoms with Gasteiger partial charge in [-0.05, 0) is 31.0 Å². The van der Waals surface area contributed by atoms with Crippen molar-refractivity contribution >= 4 is 10.9 Å². The molecule has 2 nitrogen and oxygen atoms in total. The molecule has 0 spiro atoms. The average Bonchev–Trinajstić information content (AvgIpc) is 2.93. The Kier molecular flexibility index (Phi) is 4.77. The zero-order valence-electron chi connectivity index (χ0n) is 13.7. The molecule has 0 saturated carbocycles. The highest BCUT2D eigenvalue weighted by molar-refractivity contribution is 5.84. The lowest BCUT2D eigenvalue weighted by Crippen LogP contribution is -2.24. The summed E-state index contributed by atoms with van der Waals surface area (Å²) in [7, 11) is 0. The topological polar surface area (TPSA) is 17.0 Å². The molecule has 0 saturated heterocycles. The summed E-state index contributed by atoms with van der Waals surface area (Å²) in [5, 5.41) is 4.78. The van der Waals surface area contributed by atoms with Crippen molar-refractivity contribution in [2.24, 2.45) is 0 Å². The highest BCUT2D eigenvalue weighted by Crippen LogP contribution is 2.23. The Bertz CT molecular complexity index is 791. The van der Waals surface area contributed by atoms with Gasteiger partial charge in [-0.25, -0.2) is 4.39 Å². The number of fused-ring (bicyclic) bond motifs is 1. The van der Waals surface area contributed by atoms with E-state index in [4.69, 9.17) is 0 Å². The molecule has 0 unspecified atom stereocenters. The Morgan fingerprint density at radius 2 is 1.78 bits per heavy atom. The average molecular weight is 310 g/mol. The van der Waals surface area contributed by atoms with Gasteiger partial charge >= 0.3 is 0 Å². The van der Waals surface area contributed by atoms with Gasteiger partial charge in [0.05, 0.1) is 6.54 Å². The molecule has 0 fully saturated rings. The molecule has 1 atom stereocenters. The predicted molar refractivity (Wildman–Crippen MR) is 94.0 cm³/mol. The van der Waals surface area contributed by atoms with E-state index >= 15 is 0 Å². The van der Waals surface area contributed by atoms with Gasteiger partial charge in [0.2, 0.25) is 0 Å². The predicted octanol–water partition coefficient (Wildman–Crippen LogP) is 4.72. The first-order chi connectivity index (χ1) is 11.2. The number of nitrogens with zero attached hydrogens (tertiary/aromatic N) is 1. The molecule has 1 heterocycles. The number of aromatic nitrogens is 1. The lowest BCUT2D eigenvalue weighted by atomic mass is 10.1. The largest absolute Gasteiger partial charge is 0.343 e. The van der Waals surface area contributed by atoms with E-state index in [2.05, 4.69) is 48.1 Å². The Labute approximate surface area is 136 Å². The molecule has 3 heteroatoms. The van der Waals surface area contributed by atoms with Gasteiger partial charge in [0, 0.05) is 35.2 Å². The van der Waals surface area contributed by atoms with Gasteiger partial charge in [-0.2, -0.15) is 0 Å². The van der Waals surface area contributed by atoms with Gasteiger partial charge in [-0.15, -0.1) is 0 Å². The van der Waals surface area contributed by atoms with E-state index in [1.807, 2.05) is 18.2 Å². The summed E-state index contributed by atoms with van der Waals surface area (Å²) >= 11 is 0. The van der Waals surface area contributed by atoms with E-state index in [9.17, 15) is 4.39 Å². The Balaban J connectivity index is 1.93. The quantitative estimate of drug-likeness (QED) is 0.697. The van der Waals surface area contributed by atoms with Gasteiger partial charge in [0.25, 0.3) is 0 Å². The molecule has 0 radical (unpaired) electrons. The van der Waals surface area contributed by atoms with Crippen molar-refractivity contribution in [3.05, 3.63) is 71.7 Å². The van der Waals surface area contributed by atoms with Crippen LogP contribution in [0, 0.1) is 5.82 Å². The van der Waals surface area contributed by atoms with Crippen molar-refractivity contribution in [2.75, 3.05) is 0 Å². The number of benzene rings is 2. The van der Waals surface area contributed by atoms with Gasteiger partial charge in [-0.1, -0.05) is 43.3 Å². The molecule has 0 aliphatic rings. The number of para-hydroxylation sites is 1. The second kappa shape index (κ2) is 6.97. The van der Waals surface area contributed by atoms with Crippen molar-refractivity contribution in [3.8, 4) is 0 Å². The molecule has 3 aromatic rings. The summed E-state index contributed by atoms with van der Waals surface area (Å²) in [6.45, 7) is 5.76. The maximum atomic E-state index is 14.0. The minimum atomic E-state index is -0.149. The van der Waals surface area contributed by atoms with Crippen LogP contribution in [0.5, 0.6) is 0 Å². The van der Waals surface area contributed by atoms with Gasteiger partial charge in [0.15, 0.2) is 0 Å². The summed E-state index contributed by atoms with van der Waals surface area (Å²) in [5.41, 5.74) is 3.13. The minimum absolute atomic E-state index is 0.149. The third-order valence-corrected chi connectivity index (χ3v) is 4.42. The van der Waals surface area contributed by atoms with Crippen LogP contribution < -0.4 is 5.32 Å². The first kappa shape index (κ1) is 15.8. The molecule has 23 heavy (non-hydrogen) atoms. The van der Waals surface area contributed by atoms with Crippen LogP contribution in [-0.4, -0.2) is 10.6 Å². The van der Waals surface area contributed by atoms with Crippen LogP contribution in [0.4, 0.5) is 4.39 Å². The third-order valence-electron chi connectivity index (χ3n) is 4.42. The van der Waals surface area contributed by atoms with Gasteiger partial charge in [-0.3, -0.25) is 0 Å². The molecule has 3 rings (SSSR count). The van der Waals surface area contributed by atoms with E-state index < -0.39 is 0 Å². The van der Waals surface area contributed by atoms with Crippen LogP contribution in [0.15, 0.2) is 54.7 Å². The van der Waals surface area contributed by atoms with E-state index in [1.54, 1.807) is 6.07 Å². The van der Waals surface area contributed by atoms with Crippen molar-refractivity contribution in [1.82, 2.24) is 9.88 Å². The number of nitrogens with one attached hydrogen (secondary N) is 1. The second-order valence-electron chi connectivity index (χ2n) is 6.08. The van der Waals surface area contributed by atoms with Crippen molar-refractivity contribution in [2.45, 2.75) is 39.4 Å². The van der Waals surface area contributed by atoms with Crippen LogP contribution in [0.25, 0.3) is 10.9 Å². The van der Waals surface area contributed by atoms with E-state index in [1.165, 1.54) is 17.0 Å². The van der Waals surface area contributed by atoms with Crippen LogP contribution >= 0.6 is 0 Å². The maximum Gasteiger partial charge on any atom is 0.128 e. The molecule has 120 valence electrons. The second-order valence-corrected chi connectivity index (χ2v) is 6.08. The standard InChI is InChI=1S/C20H23FN2/c1-3-15(2)22-12-17-14-23(20-11-7-5-9-18(17)20)13-16-8-4-6-10-19(16)21/h4-11,14-15,22H,3,12-13H2,1-2H3/t15-/m1/s1. The molecular weight excluding hydrogens is 287 g/mol. The Morgan fingerprint density at radius 3 is 2.57 bits per heavy atom. The normalized spacial score (nSPS) is 12.7. The van der Waals surface area contributed by atoms with Crippen LogP contribution in [0.1, 0.15) is 31.4 Å². The molecule has 1 aromatic heterocycles. The smallest absolute Gasteiger partial charge is 0.128 e. The number of hydrogen-bond acceptors (Lipinski definition) is 1. The van der Waals surface area contributed by atoms with Crippen LogP contribution in [0.2, 0.25) is 0 Å². The van der Waals surface area contributed by atoms with Crippen molar-refractivity contribution in [1.29, 1.82) is 0 Å². The fourth-order valence-corrected chi connectivity index (χ4v) is 2.83. The SMILES string of the molecule is CC[C@@H](C)NCc1cn(Cc2ccccc2F)c2ccccc12. The molecule has 0 aliphatic carbocycles. The minimum Gasteiger partial charge on any atom is -0.343 e. The number of halogens is 1. The van der Waals surface area contributed by atoms with Crippen molar-refractivity contribution < 1.29 is 4.39 Å². The highest BCUT2D eigenvalue weighted by atomic mass is 19.1. The highest BCUT2D eigenvalue weighted by Gasteiger charge is 2.10. The molecule has 2 aromatic carbocycles. The molecule has 0 aliphatic heterocycles. The third kappa shape index (κ3) is 3.45. The molecule has 0 bridgehead atoms. The molecular formula is C20H23FN2.